The first kappa shape index (κ1) is 20.1. The van der Waals surface area contributed by atoms with Gasteiger partial charge in [0.1, 0.15) is 10.5 Å². The number of hydrogen-bond donors (Lipinski definition) is 0. The molecule has 0 aliphatic rings. The molecule has 2 unspecified atom stereocenters. The van der Waals surface area contributed by atoms with Crippen LogP contribution in [0.2, 0.25) is 0 Å². The monoisotopic (exact) mass is 386 g/mol. The van der Waals surface area contributed by atoms with Crippen LogP contribution in [0.15, 0.2) is 60.7 Å². The Labute approximate surface area is 160 Å². The molecule has 0 bridgehead atoms. The van der Waals surface area contributed by atoms with Crippen LogP contribution in [0.5, 0.6) is 0 Å². The zero-order chi connectivity index (χ0) is 19.1. The van der Waals surface area contributed by atoms with Gasteiger partial charge in [0.05, 0.1) is 0 Å². The lowest BCUT2D eigenvalue weighted by Crippen LogP contribution is -2.28. The van der Waals surface area contributed by atoms with Crippen LogP contribution in [0, 0.1) is 0 Å². The van der Waals surface area contributed by atoms with Crippen LogP contribution in [0.1, 0.15) is 34.6 Å². The summed E-state index contributed by atoms with van der Waals surface area (Å²) in [5.41, 5.74) is 0.851. The van der Waals surface area contributed by atoms with E-state index in [-0.39, 0.29) is 23.1 Å². The van der Waals surface area contributed by atoms with Crippen LogP contribution in [-0.2, 0) is 9.59 Å². The minimum Gasteiger partial charge on any atom is -0.298 e. The molecule has 0 spiro atoms. The third-order valence-corrected chi connectivity index (χ3v) is 6.66. The lowest BCUT2D eigenvalue weighted by Gasteiger charge is -2.16. The van der Waals surface area contributed by atoms with Gasteiger partial charge in [-0.3, -0.25) is 19.2 Å². The molecular weight excluding hydrogens is 368 g/mol. The van der Waals surface area contributed by atoms with E-state index in [0.717, 1.165) is 21.6 Å². The minimum absolute atomic E-state index is 0.314. The predicted octanol–water partition coefficient (Wildman–Crippen LogP) is 4.05. The van der Waals surface area contributed by atoms with Gasteiger partial charge < -0.3 is 0 Å². The highest BCUT2D eigenvalue weighted by atomic mass is 33.1. The zero-order valence-corrected chi connectivity index (χ0v) is 16.0. The van der Waals surface area contributed by atoms with Crippen molar-refractivity contribution in [2.75, 3.05) is 0 Å². The Hall–Kier alpha value is -2.18. The molecule has 2 aromatic rings. The number of Topliss-reactive ketones (excluding diaryl/α,β-unsaturated/α-hetero) is 4. The van der Waals surface area contributed by atoms with Gasteiger partial charge >= 0.3 is 0 Å². The van der Waals surface area contributed by atoms with Crippen LogP contribution in [0.4, 0.5) is 0 Å². The quantitative estimate of drug-likeness (QED) is 0.368. The first-order valence-electron chi connectivity index (χ1n) is 7.93. The van der Waals surface area contributed by atoms with Crippen molar-refractivity contribution >= 4 is 44.7 Å². The maximum atomic E-state index is 12.6. The fourth-order valence-electron chi connectivity index (χ4n) is 2.21. The van der Waals surface area contributed by atoms with Crippen LogP contribution >= 0.6 is 21.6 Å². The van der Waals surface area contributed by atoms with Crippen molar-refractivity contribution in [1.82, 2.24) is 0 Å². The molecule has 0 saturated heterocycles. The molecule has 26 heavy (non-hydrogen) atoms. The van der Waals surface area contributed by atoms with E-state index in [1.165, 1.54) is 13.8 Å². The number of hydrogen-bond acceptors (Lipinski definition) is 6. The highest BCUT2D eigenvalue weighted by molar-refractivity contribution is 8.77. The molecule has 2 atom stereocenters. The van der Waals surface area contributed by atoms with Crippen molar-refractivity contribution in [2.24, 2.45) is 0 Å². The van der Waals surface area contributed by atoms with Crippen LogP contribution < -0.4 is 0 Å². The van der Waals surface area contributed by atoms with Crippen molar-refractivity contribution in [1.29, 1.82) is 0 Å². The van der Waals surface area contributed by atoms with Crippen molar-refractivity contribution in [3.8, 4) is 0 Å². The summed E-state index contributed by atoms with van der Waals surface area (Å²) in [6.07, 6.45) is 0. The average Bonchev–Trinajstić information content (AvgIpc) is 2.65. The topological polar surface area (TPSA) is 68.3 Å². The van der Waals surface area contributed by atoms with Crippen LogP contribution in [0.25, 0.3) is 0 Å². The Morgan fingerprint density at radius 1 is 0.615 bits per heavy atom. The first-order chi connectivity index (χ1) is 12.4. The first-order valence-corrected chi connectivity index (χ1v) is 10.2. The van der Waals surface area contributed by atoms with E-state index >= 15 is 0 Å². The van der Waals surface area contributed by atoms with E-state index in [9.17, 15) is 19.2 Å². The molecule has 2 rings (SSSR count). The van der Waals surface area contributed by atoms with Gasteiger partial charge in [-0.05, 0) is 13.8 Å². The maximum Gasteiger partial charge on any atom is 0.184 e. The van der Waals surface area contributed by atoms with E-state index in [4.69, 9.17) is 0 Å². The van der Waals surface area contributed by atoms with Gasteiger partial charge in [0.15, 0.2) is 23.1 Å². The molecule has 0 heterocycles. The number of ketones is 4. The third-order valence-electron chi connectivity index (χ3n) is 3.58. The number of carbonyl (C=O) groups excluding carboxylic acids is 4. The average molecular weight is 386 g/mol. The molecule has 0 aliphatic carbocycles. The summed E-state index contributed by atoms with van der Waals surface area (Å²) in [4.78, 5) is 49.1. The third kappa shape index (κ3) is 5.16. The second kappa shape index (κ2) is 9.50. The normalized spacial score (nSPS) is 12.8. The molecule has 0 aromatic heterocycles. The second-order valence-corrected chi connectivity index (χ2v) is 8.12. The van der Waals surface area contributed by atoms with E-state index in [2.05, 4.69) is 0 Å². The Morgan fingerprint density at radius 3 is 1.19 bits per heavy atom. The summed E-state index contributed by atoms with van der Waals surface area (Å²) in [6, 6.07) is 17.0. The summed E-state index contributed by atoms with van der Waals surface area (Å²) in [5, 5.41) is -1.93. The van der Waals surface area contributed by atoms with E-state index in [1.54, 1.807) is 60.7 Å². The Morgan fingerprint density at radius 2 is 0.923 bits per heavy atom. The highest BCUT2D eigenvalue weighted by Gasteiger charge is 2.31. The molecule has 6 heteroatoms. The number of benzene rings is 2. The van der Waals surface area contributed by atoms with Crippen molar-refractivity contribution in [3.05, 3.63) is 71.8 Å². The Bertz CT molecular complexity index is 734. The largest absolute Gasteiger partial charge is 0.298 e. The van der Waals surface area contributed by atoms with Crippen LogP contribution in [-0.4, -0.2) is 33.6 Å². The standard InChI is InChI=1S/C20H18O4S2/c1-13(21)19(17(23)15-9-5-3-6-10-15)25-26-20(14(2)22)18(24)16-11-7-4-8-12-16/h3-12,19-20H,1-2H3. The lowest BCUT2D eigenvalue weighted by molar-refractivity contribution is -0.116. The van der Waals surface area contributed by atoms with Gasteiger partial charge in [-0.2, -0.15) is 0 Å². The molecule has 4 nitrogen and oxygen atoms in total. The Balaban J connectivity index is 2.15. The predicted molar refractivity (Wildman–Crippen MR) is 106 cm³/mol. The summed E-state index contributed by atoms with van der Waals surface area (Å²) in [6.45, 7) is 2.67. The molecule has 0 N–H and O–H groups in total. The number of rotatable bonds is 9. The van der Waals surface area contributed by atoms with Gasteiger partial charge in [-0.15, -0.1) is 0 Å². The van der Waals surface area contributed by atoms with Crippen molar-refractivity contribution in [2.45, 2.75) is 24.3 Å². The second-order valence-electron chi connectivity index (χ2n) is 5.63. The maximum absolute atomic E-state index is 12.6. The summed E-state index contributed by atoms with van der Waals surface area (Å²) < 4.78 is 0. The zero-order valence-electron chi connectivity index (χ0n) is 14.4. The van der Waals surface area contributed by atoms with Gasteiger partial charge in [0.2, 0.25) is 0 Å². The summed E-state index contributed by atoms with van der Waals surface area (Å²) in [7, 11) is 1.94. The fourth-order valence-corrected chi connectivity index (χ4v) is 5.16. The highest BCUT2D eigenvalue weighted by Crippen LogP contribution is 2.35. The van der Waals surface area contributed by atoms with Crippen LogP contribution in [0.3, 0.4) is 0 Å². The minimum atomic E-state index is -0.965. The fraction of sp³-hybridized carbons (Fsp3) is 0.200. The molecule has 2 aromatic carbocycles. The number of carbonyl (C=O) groups is 4. The smallest absolute Gasteiger partial charge is 0.184 e. The molecule has 0 fully saturated rings. The lowest BCUT2D eigenvalue weighted by atomic mass is 10.1. The van der Waals surface area contributed by atoms with E-state index in [0.29, 0.717) is 11.1 Å². The molecule has 0 amide bonds. The molecule has 134 valence electrons. The Kier molecular flexibility index (Phi) is 7.36. The molecule has 0 radical (unpaired) electrons. The summed E-state index contributed by atoms with van der Waals surface area (Å²) in [5.74, 6) is -1.29. The van der Waals surface area contributed by atoms with Gasteiger partial charge in [-0.25, -0.2) is 0 Å². The molecular formula is C20H18O4S2. The molecule has 0 saturated carbocycles. The summed E-state index contributed by atoms with van der Waals surface area (Å²) >= 11 is 0. The van der Waals surface area contributed by atoms with Gasteiger partial charge in [0, 0.05) is 11.1 Å². The van der Waals surface area contributed by atoms with Gasteiger partial charge in [-0.1, -0.05) is 82.3 Å². The van der Waals surface area contributed by atoms with E-state index in [1.807, 2.05) is 0 Å². The molecule has 0 aliphatic heterocycles. The van der Waals surface area contributed by atoms with Crippen molar-refractivity contribution < 1.29 is 19.2 Å². The SMILES string of the molecule is CC(=O)C(SSC(C(C)=O)C(=O)c1ccccc1)C(=O)c1ccccc1. The van der Waals surface area contributed by atoms with Crippen molar-refractivity contribution in [3.63, 3.8) is 0 Å². The van der Waals surface area contributed by atoms with E-state index < -0.39 is 10.5 Å². The van der Waals surface area contributed by atoms with Gasteiger partial charge in [0.25, 0.3) is 0 Å².